The molecule has 1 saturated heterocycles. The molecule has 1 aliphatic carbocycles. The topological polar surface area (TPSA) is 62.6 Å². The van der Waals surface area contributed by atoms with Gasteiger partial charge >= 0.3 is 6.09 Å². The molecule has 2 aromatic rings. The smallest absolute Gasteiger partial charge is 0.410 e. The molecule has 2 aromatic carbocycles. The normalized spacial score (nSPS) is 21.9. The van der Waals surface area contributed by atoms with E-state index in [1.807, 2.05) is 26.8 Å². The number of likely N-dealkylation sites (tertiary alicyclic amines) is 1. The number of carbonyl (C=O) groups excluding carboxylic acids is 1. The second-order valence-electron chi connectivity index (χ2n) is 9.15. The highest BCUT2D eigenvalue weighted by Gasteiger charge is 2.57. The maximum Gasteiger partial charge on any atom is 0.410 e. The molecule has 2 unspecified atom stereocenters. The third-order valence-electron chi connectivity index (χ3n) is 5.79. The van der Waals surface area contributed by atoms with Crippen molar-refractivity contribution in [2.24, 2.45) is 17.8 Å². The van der Waals surface area contributed by atoms with Gasteiger partial charge in [0.1, 0.15) is 5.60 Å². The molecule has 1 saturated carbocycles. The van der Waals surface area contributed by atoms with E-state index in [4.69, 9.17) is 14.7 Å². The van der Waals surface area contributed by atoms with E-state index in [1.165, 1.54) is 12.1 Å². The summed E-state index contributed by atoms with van der Waals surface area (Å²) in [6, 6.07) is 11.0. The number of nitrogens with zero attached hydrogens (tertiary/aromatic N) is 2. The van der Waals surface area contributed by atoms with E-state index in [1.54, 1.807) is 29.2 Å². The fourth-order valence-electron chi connectivity index (χ4n) is 4.15. The largest absolute Gasteiger partial charge is 0.487 e. The number of hydrogen-bond donors (Lipinski definition) is 0. The summed E-state index contributed by atoms with van der Waals surface area (Å²) >= 11 is 0. The van der Waals surface area contributed by atoms with E-state index in [0.29, 0.717) is 29.8 Å². The highest BCUT2D eigenvalue weighted by Crippen LogP contribution is 2.52. The molecule has 0 aromatic heterocycles. The number of carbonyl (C=O) groups is 1. The molecule has 0 bridgehead atoms. The van der Waals surface area contributed by atoms with E-state index >= 15 is 0 Å². The van der Waals surface area contributed by atoms with Crippen molar-refractivity contribution in [3.63, 3.8) is 0 Å². The quantitative estimate of drug-likeness (QED) is 0.691. The number of amides is 1. The Bertz CT molecular complexity index is 1010. The molecule has 0 N–H and O–H groups in total. The molecular weight excluding hydrogens is 402 g/mol. The van der Waals surface area contributed by atoms with Gasteiger partial charge in [-0.05, 0) is 68.0 Å². The number of ether oxygens (including phenoxy) is 2. The summed E-state index contributed by atoms with van der Waals surface area (Å²) in [5, 5.41) is 8.87. The first kappa shape index (κ1) is 21.1. The Morgan fingerprint density at radius 1 is 1.10 bits per heavy atom. The molecule has 1 heterocycles. The number of rotatable bonds is 4. The zero-order chi connectivity index (χ0) is 22.3. The van der Waals surface area contributed by atoms with Crippen molar-refractivity contribution in [3.8, 4) is 22.9 Å². The SMILES string of the molecule is CC(C)(C)OC(=O)N1CC2C(COc3c(F)cc(-c4ccc(C#N)cc4)cc3F)[C@H]2C1. The number of halogens is 2. The van der Waals surface area contributed by atoms with Crippen LogP contribution in [-0.2, 0) is 4.74 Å². The van der Waals surface area contributed by atoms with E-state index in [2.05, 4.69) is 0 Å². The van der Waals surface area contributed by atoms with Crippen LogP contribution in [0.4, 0.5) is 13.6 Å². The summed E-state index contributed by atoms with van der Waals surface area (Å²) in [5.74, 6) is -1.18. The molecule has 0 spiro atoms. The van der Waals surface area contributed by atoms with Crippen molar-refractivity contribution in [2.45, 2.75) is 26.4 Å². The predicted octanol–water partition coefficient (Wildman–Crippen LogP) is 5.00. The van der Waals surface area contributed by atoms with Crippen LogP contribution in [0, 0.1) is 40.7 Å². The molecule has 4 rings (SSSR count). The van der Waals surface area contributed by atoms with Crippen LogP contribution < -0.4 is 4.74 Å². The molecule has 2 aliphatic rings. The first-order valence-corrected chi connectivity index (χ1v) is 10.3. The number of piperidine rings is 1. The van der Waals surface area contributed by atoms with E-state index < -0.39 is 17.2 Å². The van der Waals surface area contributed by atoms with Crippen molar-refractivity contribution < 1.29 is 23.0 Å². The molecule has 3 atom stereocenters. The zero-order valence-corrected chi connectivity index (χ0v) is 17.7. The maximum atomic E-state index is 14.5. The van der Waals surface area contributed by atoms with Gasteiger partial charge in [0.25, 0.3) is 0 Å². The van der Waals surface area contributed by atoms with Crippen LogP contribution in [0.2, 0.25) is 0 Å². The summed E-state index contributed by atoms with van der Waals surface area (Å²) in [6.45, 7) is 6.85. The second-order valence-corrected chi connectivity index (χ2v) is 9.15. The fraction of sp³-hybridized carbons (Fsp3) is 0.417. The highest BCUT2D eigenvalue weighted by atomic mass is 19.1. The first-order chi connectivity index (χ1) is 14.7. The Balaban J connectivity index is 1.34. The van der Waals surface area contributed by atoms with Gasteiger partial charge in [0.15, 0.2) is 17.4 Å². The van der Waals surface area contributed by atoms with Crippen molar-refractivity contribution in [1.29, 1.82) is 5.26 Å². The van der Waals surface area contributed by atoms with Gasteiger partial charge in [-0.1, -0.05) is 12.1 Å². The summed E-state index contributed by atoms with van der Waals surface area (Å²) < 4.78 is 40.0. The summed E-state index contributed by atoms with van der Waals surface area (Å²) in [5.41, 5.74) is 0.932. The molecule has 0 radical (unpaired) electrons. The monoisotopic (exact) mass is 426 g/mol. The average Bonchev–Trinajstić information content (AvgIpc) is 3.15. The Kier molecular flexibility index (Phi) is 5.34. The number of benzene rings is 2. The van der Waals surface area contributed by atoms with E-state index in [0.717, 1.165) is 0 Å². The second kappa shape index (κ2) is 7.84. The third kappa shape index (κ3) is 4.48. The lowest BCUT2D eigenvalue weighted by atomic mass is 10.0. The van der Waals surface area contributed by atoms with Gasteiger partial charge in [-0.3, -0.25) is 0 Å². The molecule has 2 fully saturated rings. The van der Waals surface area contributed by atoms with Gasteiger partial charge in [-0.2, -0.15) is 5.26 Å². The summed E-state index contributed by atoms with van der Waals surface area (Å²) in [6.07, 6.45) is -0.324. The lowest BCUT2D eigenvalue weighted by molar-refractivity contribution is 0.0260. The summed E-state index contributed by atoms with van der Waals surface area (Å²) in [4.78, 5) is 13.8. The van der Waals surface area contributed by atoms with Crippen LogP contribution in [0.1, 0.15) is 26.3 Å². The van der Waals surface area contributed by atoms with Crippen LogP contribution in [0.5, 0.6) is 5.75 Å². The lowest BCUT2D eigenvalue weighted by Gasteiger charge is -2.25. The minimum Gasteiger partial charge on any atom is -0.487 e. The van der Waals surface area contributed by atoms with E-state index in [-0.39, 0.29) is 36.2 Å². The maximum absolute atomic E-state index is 14.5. The lowest BCUT2D eigenvalue weighted by Crippen LogP contribution is -2.37. The van der Waals surface area contributed by atoms with Gasteiger partial charge in [0.05, 0.1) is 18.2 Å². The van der Waals surface area contributed by atoms with Crippen molar-refractivity contribution >= 4 is 6.09 Å². The van der Waals surface area contributed by atoms with Crippen LogP contribution in [-0.4, -0.2) is 36.3 Å². The van der Waals surface area contributed by atoms with Crippen LogP contribution in [0.15, 0.2) is 36.4 Å². The van der Waals surface area contributed by atoms with Crippen LogP contribution in [0.25, 0.3) is 11.1 Å². The molecule has 1 amide bonds. The number of hydrogen-bond acceptors (Lipinski definition) is 4. The van der Waals surface area contributed by atoms with Gasteiger partial charge in [0, 0.05) is 19.0 Å². The minimum atomic E-state index is -0.763. The number of fused-ring (bicyclic) bond motifs is 1. The van der Waals surface area contributed by atoms with Gasteiger partial charge in [-0.25, -0.2) is 13.6 Å². The highest BCUT2D eigenvalue weighted by molar-refractivity contribution is 5.69. The van der Waals surface area contributed by atoms with Crippen molar-refractivity contribution in [2.75, 3.05) is 19.7 Å². The Labute approximate surface area is 180 Å². The third-order valence-corrected chi connectivity index (χ3v) is 5.79. The Hall–Kier alpha value is -3.14. The standard InChI is InChI=1S/C24H24F2N2O3/c1-24(2,3)31-23(29)28-11-17-18(12-28)19(17)13-30-22-20(25)8-16(9-21(22)26)15-6-4-14(10-27)5-7-15/h4-9,17-19H,11-13H2,1-3H3/t17-,18?,19?/m0/s1. The van der Waals surface area contributed by atoms with Gasteiger partial charge in [-0.15, -0.1) is 0 Å². The molecule has 31 heavy (non-hydrogen) atoms. The average molecular weight is 426 g/mol. The first-order valence-electron chi connectivity index (χ1n) is 10.3. The molecule has 1 aliphatic heterocycles. The van der Waals surface area contributed by atoms with Crippen molar-refractivity contribution in [1.82, 2.24) is 4.90 Å². The minimum absolute atomic E-state index is 0.177. The van der Waals surface area contributed by atoms with Gasteiger partial charge < -0.3 is 14.4 Å². The Morgan fingerprint density at radius 3 is 2.19 bits per heavy atom. The predicted molar refractivity (Wildman–Crippen MR) is 110 cm³/mol. The molecule has 7 heteroatoms. The molecule has 162 valence electrons. The summed E-state index contributed by atoms with van der Waals surface area (Å²) in [7, 11) is 0. The number of nitriles is 1. The molecular formula is C24H24F2N2O3. The molecule has 5 nitrogen and oxygen atoms in total. The van der Waals surface area contributed by atoms with Crippen molar-refractivity contribution in [3.05, 3.63) is 53.6 Å². The zero-order valence-electron chi connectivity index (χ0n) is 17.7. The van der Waals surface area contributed by atoms with Crippen LogP contribution in [0.3, 0.4) is 0 Å². The van der Waals surface area contributed by atoms with E-state index in [9.17, 15) is 13.6 Å². The van der Waals surface area contributed by atoms with Crippen LogP contribution >= 0.6 is 0 Å². The fourth-order valence-corrected chi connectivity index (χ4v) is 4.15. The van der Waals surface area contributed by atoms with Gasteiger partial charge in [0.2, 0.25) is 0 Å². The Morgan fingerprint density at radius 2 is 1.68 bits per heavy atom.